The molecule has 0 saturated heterocycles. The molecule has 0 aliphatic heterocycles. The molecule has 2 aromatic heterocycles. The summed E-state index contributed by atoms with van der Waals surface area (Å²) in [6.07, 6.45) is 1.68. The molecule has 0 unspecified atom stereocenters. The fraction of sp³-hybridized carbons (Fsp3) is 0.214. The normalized spacial score (nSPS) is 11.3. The number of nitrogens with one attached hydrogen (secondary N) is 1. The van der Waals surface area contributed by atoms with Crippen molar-refractivity contribution in [2.45, 2.75) is 38.8 Å². The lowest BCUT2D eigenvalue weighted by Gasteiger charge is -2.14. The van der Waals surface area contributed by atoms with E-state index in [1.807, 2.05) is 72.0 Å². The summed E-state index contributed by atoms with van der Waals surface area (Å²) in [6, 6.07) is 21.2. The molecule has 8 heteroatoms. The summed E-state index contributed by atoms with van der Waals surface area (Å²) >= 11 is 1.30. The van der Waals surface area contributed by atoms with Crippen LogP contribution >= 0.6 is 11.8 Å². The number of thioether (sulfide) groups is 1. The van der Waals surface area contributed by atoms with Crippen molar-refractivity contribution in [2.24, 2.45) is 0 Å². The number of aryl methyl sites for hydroxylation is 3. The van der Waals surface area contributed by atoms with Gasteiger partial charge in [-0.3, -0.25) is 14.0 Å². The van der Waals surface area contributed by atoms with Crippen LogP contribution < -0.4 is 10.9 Å². The van der Waals surface area contributed by atoms with E-state index >= 15 is 0 Å². The summed E-state index contributed by atoms with van der Waals surface area (Å²) < 4.78 is 3.46. The van der Waals surface area contributed by atoms with E-state index in [0.29, 0.717) is 21.8 Å². The molecular formula is C28H27N5O2S. The fourth-order valence-electron chi connectivity index (χ4n) is 4.51. The number of aromatic nitrogens is 4. The first-order valence-electron chi connectivity index (χ1n) is 12.0. The van der Waals surface area contributed by atoms with Crippen LogP contribution in [0.25, 0.3) is 22.4 Å². The van der Waals surface area contributed by atoms with Gasteiger partial charge < -0.3 is 5.32 Å². The zero-order chi connectivity index (χ0) is 25.2. The zero-order valence-corrected chi connectivity index (χ0v) is 21.3. The SMILES string of the molecule is CCc1cccc(CC)c1NC(=O)CSc1nnc2n(-c3ccccc3C)c(=O)c3ccccc3n12. The largest absolute Gasteiger partial charge is 0.325 e. The number of nitrogens with zero attached hydrogens (tertiary/aromatic N) is 4. The van der Waals surface area contributed by atoms with Gasteiger partial charge in [-0.1, -0.05) is 74.1 Å². The predicted molar refractivity (Wildman–Crippen MR) is 145 cm³/mol. The van der Waals surface area contributed by atoms with Crippen molar-refractivity contribution in [2.75, 3.05) is 11.1 Å². The Labute approximate surface area is 213 Å². The van der Waals surface area contributed by atoms with E-state index in [4.69, 9.17) is 0 Å². The van der Waals surface area contributed by atoms with Crippen LogP contribution in [0.15, 0.2) is 76.7 Å². The summed E-state index contributed by atoms with van der Waals surface area (Å²) in [5, 5.41) is 13.0. The predicted octanol–water partition coefficient (Wildman–Crippen LogP) is 5.20. The van der Waals surface area contributed by atoms with Crippen molar-refractivity contribution >= 4 is 40.0 Å². The van der Waals surface area contributed by atoms with E-state index in [2.05, 4.69) is 29.4 Å². The molecule has 0 atom stereocenters. The van der Waals surface area contributed by atoms with Crippen LogP contribution in [-0.2, 0) is 17.6 Å². The van der Waals surface area contributed by atoms with Crippen molar-refractivity contribution in [1.29, 1.82) is 0 Å². The van der Waals surface area contributed by atoms with Gasteiger partial charge in [-0.2, -0.15) is 0 Å². The topological polar surface area (TPSA) is 81.3 Å². The van der Waals surface area contributed by atoms with Crippen molar-refractivity contribution in [1.82, 2.24) is 19.2 Å². The third kappa shape index (κ3) is 4.18. The number of hydrogen-bond donors (Lipinski definition) is 1. The van der Waals surface area contributed by atoms with Crippen LogP contribution in [0.5, 0.6) is 0 Å². The molecule has 0 bridgehead atoms. The molecule has 5 rings (SSSR count). The van der Waals surface area contributed by atoms with E-state index in [0.717, 1.165) is 40.9 Å². The monoisotopic (exact) mass is 497 g/mol. The lowest BCUT2D eigenvalue weighted by atomic mass is 10.0. The molecule has 0 saturated carbocycles. The van der Waals surface area contributed by atoms with Gasteiger partial charge in [-0.25, -0.2) is 4.57 Å². The number of anilines is 1. The molecule has 0 aliphatic carbocycles. The van der Waals surface area contributed by atoms with Crippen LogP contribution in [0.3, 0.4) is 0 Å². The van der Waals surface area contributed by atoms with Gasteiger partial charge in [0, 0.05) is 5.69 Å². The quantitative estimate of drug-likeness (QED) is 0.313. The minimum absolute atomic E-state index is 0.108. The number of para-hydroxylation sites is 3. The maximum absolute atomic E-state index is 13.5. The zero-order valence-electron chi connectivity index (χ0n) is 20.5. The molecular weight excluding hydrogens is 470 g/mol. The van der Waals surface area contributed by atoms with Gasteiger partial charge in [0.05, 0.1) is 22.3 Å². The van der Waals surface area contributed by atoms with Crippen molar-refractivity contribution in [3.8, 4) is 5.69 Å². The van der Waals surface area contributed by atoms with Gasteiger partial charge in [0.2, 0.25) is 11.7 Å². The van der Waals surface area contributed by atoms with Gasteiger partial charge >= 0.3 is 0 Å². The molecule has 182 valence electrons. The Hall–Kier alpha value is -3.91. The van der Waals surface area contributed by atoms with E-state index in [1.54, 1.807) is 10.6 Å². The van der Waals surface area contributed by atoms with Crippen LogP contribution in [0.4, 0.5) is 5.69 Å². The Balaban J connectivity index is 1.54. The molecule has 2 heterocycles. The number of amides is 1. The van der Waals surface area contributed by atoms with Crippen LogP contribution in [0, 0.1) is 6.92 Å². The smallest absolute Gasteiger partial charge is 0.267 e. The Kier molecular flexibility index (Phi) is 6.61. The maximum atomic E-state index is 13.5. The summed E-state index contributed by atoms with van der Waals surface area (Å²) in [5.74, 6) is 0.476. The highest BCUT2D eigenvalue weighted by atomic mass is 32.2. The Morgan fingerprint density at radius 2 is 1.61 bits per heavy atom. The summed E-state index contributed by atoms with van der Waals surface area (Å²) in [7, 11) is 0. The summed E-state index contributed by atoms with van der Waals surface area (Å²) in [6.45, 7) is 6.13. The van der Waals surface area contributed by atoms with Crippen molar-refractivity contribution in [3.63, 3.8) is 0 Å². The highest BCUT2D eigenvalue weighted by molar-refractivity contribution is 7.99. The van der Waals surface area contributed by atoms with Crippen molar-refractivity contribution in [3.05, 3.63) is 93.8 Å². The molecule has 0 fully saturated rings. The van der Waals surface area contributed by atoms with E-state index < -0.39 is 0 Å². The minimum atomic E-state index is -0.155. The number of carbonyl (C=O) groups is 1. The molecule has 7 nitrogen and oxygen atoms in total. The lowest BCUT2D eigenvalue weighted by molar-refractivity contribution is -0.113. The first kappa shape index (κ1) is 23.8. The Morgan fingerprint density at radius 1 is 0.917 bits per heavy atom. The Morgan fingerprint density at radius 3 is 2.33 bits per heavy atom. The van der Waals surface area contributed by atoms with Gasteiger partial charge in [-0.05, 0) is 54.7 Å². The van der Waals surface area contributed by atoms with E-state index in [9.17, 15) is 9.59 Å². The van der Waals surface area contributed by atoms with Crippen LogP contribution in [0.1, 0.15) is 30.5 Å². The third-order valence-corrected chi connectivity index (χ3v) is 7.28. The fourth-order valence-corrected chi connectivity index (χ4v) is 5.25. The second kappa shape index (κ2) is 9.99. The highest BCUT2D eigenvalue weighted by Crippen LogP contribution is 2.26. The molecule has 5 aromatic rings. The number of hydrogen-bond acceptors (Lipinski definition) is 5. The van der Waals surface area contributed by atoms with Crippen LogP contribution in [0.2, 0.25) is 0 Å². The Bertz CT molecular complexity index is 1630. The third-order valence-electron chi connectivity index (χ3n) is 6.35. The summed E-state index contributed by atoms with van der Waals surface area (Å²) in [4.78, 5) is 26.5. The first-order valence-corrected chi connectivity index (χ1v) is 13.0. The summed E-state index contributed by atoms with van der Waals surface area (Å²) in [5.41, 5.74) is 5.40. The lowest BCUT2D eigenvalue weighted by Crippen LogP contribution is -2.22. The minimum Gasteiger partial charge on any atom is -0.325 e. The molecule has 36 heavy (non-hydrogen) atoms. The van der Waals surface area contributed by atoms with Gasteiger partial charge in [0.25, 0.3) is 5.56 Å². The highest BCUT2D eigenvalue weighted by Gasteiger charge is 2.19. The average molecular weight is 498 g/mol. The standard InChI is InChI=1S/C28H27N5O2S/c1-4-19-12-10-13-20(5-2)25(19)29-24(34)17-36-28-31-30-27-32(22-15-8-6-11-18(22)3)26(35)21-14-7-9-16-23(21)33(27)28/h6-16H,4-5,17H2,1-3H3,(H,29,34). The van der Waals surface area contributed by atoms with E-state index in [1.165, 1.54) is 11.8 Å². The number of carbonyl (C=O) groups excluding carboxylic acids is 1. The van der Waals surface area contributed by atoms with E-state index in [-0.39, 0.29) is 17.2 Å². The number of rotatable bonds is 7. The molecule has 1 N–H and O–H groups in total. The number of fused-ring (bicyclic) bond motifs is 3. The first-order chi connectivity index (χ1) is 17.5. The van der Waals surface area contributed by atoms with Crippen LogP contribution in [-0.4, -0.2) is 30.8 Å². The average Bonchev–Trinajstić information content (AvgIpc) is 3.32. The number of benzene rings is 3. The van der Waals surface area contributed by atoms with Gasteiger partial charge in [0.15, 0.2) is 5.16 Å². The van der Waals surface area contributed by atoms with Gasteiger partial charge in [0.1, 0.15) is 0 Å². The molecule has 3 aromatic carbocycles. The van der Waals surface area contributed by atoms with Crippen molar-refractivity contribution < 1.29 is 4.79 Å². The molecule has 0 spiro atoms. The van der Waals surface area contributed by atoms with Gasteiger partial charge in [-0.15, -0.1) is 10.2 Å². The second-order valence-corrected chi connectivity index (χ2v) is 9.50. The molecule has 0 aliphatic rings. The maximum Gasteiger partial charge on any atom is 0.267 e. The molecule has 1 amide bonds. The molecule has 0 radical (unpaired) electrons. The second-order valence-electron chi connectivity index (χ2n) is 8.56.